The van der Waals surface area contributed by atoms with Gasteiger partial charge in [-0.05, 0) is 25.3 Å². The fraction of sp³-hybridized carbons (Fsp3) is 1.00. The minimum absolute atomic E-state index is 0.732. The zero-order chi connectivity index (χ0) is 15.5. The molecule has 0 aromatic heterocycles. The minimum Gasteiger partial charge on any atom is -0.311 e. The molecule has 0 amide bonds. The lowest BCUT2D eigenvalue weighted by Crippen LogP contribution is -2.58. The third kappa shape index (κ3) is 7.15. The van der Waals surface area contributed by atoms with Gasteiger partial charge in [0.2, 0.25) is 0 Å². The Morgan fingerprint density at radius 2 is 1.71 bits per heavy atom. The molecule has 1 rings (SSSR count). The molecular formula is C19H40N2. The Bertz CT molecular complexity index is 242. The maximum atomic E-state index is 3.79. The first-order chi connectivity index (χ1) is 10.2. The second-order valence-electron chi connectivity index (χ2n) is 7.11. The zero-order valence-electron chi connectivity index (χ0n) is 15.2. The van der Waals surface area contributed by atoms with Gasteiger partial charge in [-0.3, -0.25) is 4.90 Å². The Labute approximate surface area is 134 Å². The molecule has 126 valence electrons. The maximum Gasteiger partial charge on any atom is 0.0246 e. The van der Waals surface area contributed by atoms with Crippen molar-refractivity contribution in [2.24, 2.45) is 5.92 Å². The summed E-state index contributed by atoms with van der Waals surface area (Å²) in [7, 11) is 0. The summed E-state index contributed by atoms with van der Waals surface area (Å²) >= 11 is 0. The predicted octanol–water partition coefficient (Wildman–Crippen LogP) is 4.84. The van der Waals surface area contributed by atoms with Gasteiger partial charge in [0.15, 0.2) is 0 Å². The van der Waals surface area contributed by atoms with Gasteiger partial charge in [-0.25, -0.2) is 0 Å². The lowest BCUT2D eigenvalue weighted by Gasteiger charge is -2.43. The standard InChI is InChI=1S/C19H40N2/c1-5-8-9-10-11-12-14-21-16-18(13-6-2)20-15-19(21)17(4)7-3/h17-20H,5-16H2,1-4H3. The normalized spacial score (nSPS) is 25.1. The molecule has 0 aromatic rings. The molecule has 21 heavy (non-hydrogen) atoms. The van der Waals surface area contributed by atoms with Crippen molar-refractivity contribution in [3.63, 3.8) is 0 Å². The molecule has 1 aliphatic rings. The highest BCUT2D eigenvalue weighted by atomic mass is 15.2. The zero-order valence-corrected chi connectivity index (χ0v) is 15.2. The highest BCUT2D eigenvalue weighted by Gasteiger charge is 2.29. The van der Waals surface area contributed by atoms with E-state index in [1.807, 2.05) is 0 Å². The highest BCUT2D eigenvalue weighted by molar-refractivity contribution is 4.88. The average Bonchev–Trinajstić information content (AvgIpc) is 2.50. The number of nitrogens with one attached hydrogen (secondary N) is 1. The Kier molecular flexibility index (Phi) is 10.4. The summed E-state index contributed by atoms with van der Waals surface area (Å²) in [5.41, 5.74) is 0. The summed E-state index contributed by atoms with van der Waals surface area (Å²) in [4.78, 5) is 2.81. The van der Waals surface area contributed by atoms with Crippen LogP contribution in [0.3, 0.4) is 0 Å². The van der Waals surface area contributed by atoms with Crippen LogP contribution >= 0.6 is 0 Å². The van der Waals surface area contributed by atoms with Crippen LogP contribution in [0, 0.1) is 5.92 Å². The van der Waals surface area contributed by atoms with E-state index < -0.39 is 0 Å². The van der Waals surface area contributed by atoms with Crippen LogP contribution in [0.15, 0.2) is 0 Å². The quantitative estimate of drug-likeness (QED) is 0.549. The second kappa shape index (κ2) is 11.5. The predicted molar refractivity (Wildman–Crippen MR) is 94.9 cm³/mol. The molecule has 0 spiro atoms. The van der Waals surface area contributed by atoms with Crippen LogP contribution in [-0.2, 0) is 0 Å². The molecule has 2 heteroatoms. The SMILES string of the molecule is CCCCCCCCN1CC(CCC)NCC1C(C)CC. The van der Waals surface area contributed by atoms with Crippen LogP contribution in [0.25, 0.3) is 0 Å². The molecule has 3 unspecified atom stereocenters. The molecule has 2 nitrogen and oxygen atoms in total. The van der Waals surface area contributed by atoms with Crippen molar-refractivity contribution >= 4 is 0 Å². The van der Waals surface area contributed by atoms with Gasteiger partial charge in [0.05, 0.1) is 0 Å². The molecule has 1 heterocycles. The Morgan fingerprint density at radius 3 is 2.38 bits per heavy atom. The van der Waals surface area contributed by atoms with E-state index in [9.17, 15) is 0 Å². The number of nitrogens with zero attached hydrogens (tertiary/aromatic N) is 1. The van der Waals surface area contributed by atoms with E-state index in [4.69, 9.17) is 0 Å². The molecule has 0 aliphatic carbocycles. The van der Waals surface area contributed by atoms with Crippen molar-refractivity contribution < 1.29 is 0 Å². The van der Waals surface area contributed by atoms with E-state index in [2.05, 4.69) is 37.9 Å². The van der Waals surface area contributed by atoms with Gasteiger partial charge in [0.1, 0.15) is 0 Å². The third-order valence-corrected chi connectivity index (χ3v) is 5.28. The summed E-state index contributed by atoms with van der Waals surface area (Å²) in [5.74, 6) is 0.820. The molecule has 3 atom stereocenters. The van der Waals surface area contributed by atoms with Crippen LogP contribution in [-0.4, -0.2) is 36.6 Å². The lowest BCUT2D eigenvalue weighted by atomic mass is 9.93. The van der Waals surface area contributed by atoms with E-state index in [0.29, 0.717) is 0 Å². The van der Waals surface area contributed by atoms with Crippen molar-refractivity contribution in [3.8, 4) is 0 Å². The summed E-state index contributed by atoms with van der Waals surface area (Å²) in [5, 5.41) is 3.79. The van der Waals surface area contributed by atoms with Crippen LogP contribution in [0.4, 0.5) is 0 Å². The molecule has 1 N–H and O–H groups in total. The molecule has 0 bridgehead atoms. The molecule has 0 radical (unpaired) electrons. The topological polar surface area (TPSA) is 15.3 Å². The summed E-state index contributed by atoms with van der Waals surface area (Å²) in [6.07, 6.45) is 12.4. The number of piperazine rings is 1. The van der Waals surface area contributed by atoms with Crippen LogP contribution in [0.2, 0.25) is 0 Å². The number of hydrogen-bond acceptors (Lipinski definition) is 2. The van der Waals surface area contributed by atoms with Crippen LogP contribution in [0.5, 0.6) is 0 Å². The first-order valence-electron chi connectivity index (χ1n) is 9.70. The number of rotatable bonds is 11. The number of hydrogen-bond donors (Lipinski definition) is 1. The largest absolute Gasteiger partial charge is 0.311 e. The minimum atomic E-state index is 0.732. The van der Waals surface area contributed by atoms with Crippen LogP contribution in [0.1, 0.15) is 85.5 Å². The smallest absolute Gasteiger partial charge is 0.0246 e. The second-order valence-corrected chi connectivity index (χ2v) is 7.11. The monoisotopic (exact) mass is 296 g/mol. The van der Waals surface area contributed by atoms with Gasteiger partial charge in [-0.2, -0.15) is 0 Å². The van der Waals surface area contributed by atoms with Crippen molar-refractivity contribution in [1.29, 1.82) is 0 Å². The maximum absolute atomic E-state index is 3.79. The average molecular weight is 297 g/mol. The summed E-state index contributed by atoms with van der Waals surface area (Å²) < 4.78 is 0. The third-order valence-electron chi connectivity index (χ3n) is 5.28. The molecule has 0 aromatic carbocycles. The fourth-order valence-electron chi connectivity index (χ4n) is 3.63. The lowest BCUT2D eigenvalue weighted by molar-refractivity contribution is 0.0869. The van der Waals surface area contributed by atoms with Crippen molar-refractivity contribution in [2.75, 3.05) is 19.6 Å². The first-order valence-corrected chi connectivity index (χ1v) is 9.70. The first kappa shape index (κ1) is 19.0. The molecular weight excluding hydrogens is 256 g/mol. The van der Waals surface area contributed by atoms with Crippen molar-refractivity contribution in [1.82, 2.24) is 10.2 Å². The van der Waals surface area contributed by atoms with Crippen molar-refractivity contribution in [2.45, 2.75) is 97.6 Å². The summed E-state index contributed by atoms with van der Waals surface area (Å²) in [6, 6.07) is 1.49. The van der Waals surface area contributed by atoms with E-state index in [1.54, 1.807) is 0 Å². The Morgan fingerprint density at radius 1 is 1.00 bits per heavy atom. The summed E-state index contributed by atoms with van der Waals surface area (Å²) in [6.45, 7) is 13.2. The molecule has 1 aliphatic heterocycles. The van der Waals surface area contributed by atoms with Gasteiger partial charge in [0, 0.05) is 25.2 Å². The van der Waals surface area contributed by atoms with Gasteiger partial charge in [-0.1, -0.05) is 72.6 Å². The van der Waals surface area contributed by atoms with Gasteiger partial charge >= 0.3 is 0 Å². The highest BCUT2D eigenvalue weighted by Crippen LogP contribution is 2.20. The van der Waals surface area contributed by atoms with E-state index >= 15 is 0 Å². The Hall–Kier alpha value is -0.0800. The van der Waals surface area contributed by atoms with E-state index in [-0.39, 0.29) is 0 Å². The number of unbranched alkanes of at least 4 members (excludes halogenated alkanes) is 5. The van der Waals surface area contributed by atoms with Crippen molar-refractivity contribution in [3.05, 3.63) is 0 Å². The molecule has 1 fully saturated rings. The van der Waals surface area contributed by atoms with Gasteiger partial charge in [-0.15, -0.1) is 0 Å². The van der Waals surface area contributed by atoms with Gasteiger partial charge < -0.3 is 5.32 Å². The van der Waals surface area contributed by atoms with Gasteiger partial charge in [0.25, 0.3) is 0 Å². The fourth-order valence-corrected chi connectivity index (χ4v) is 3.63. The molecule has 0 saturated carbocycles. The Balaban J connectivity index is 2.35. The van der Waals surface area contributed by atoms with Crippen LogP contribution < -0.4 is 5.32 Å². The van der Waals surface area contributed by atoms with E-state index in [1.165, 1.54) is 77.4 Å². The van der Waals surface area contributed by atoms with E-state index in [0.717, 1.165) is 18.0 Å². The molecule has 1 saturated heterocycles.